The Morgan fingerprint density at radius 3 is 1.95 bits per heavy atom. The highest BCUT2D eigenvalue weighted by molar-refractivity contribution is 6.29. The Balaban J connectivity index is 1.22. The van der Waals surface area contributed by atoms with Gasteiger partial charge in [-0.2, -0.15) is 0 Å². The summed E-state index contributed by atoms with van der Waals surface area (Å²) in [5.74, 6) is 0.775. The summed E-state index contributed by atoms with van der Waals surface area (Å²) in [5.41, 5.74) is 15.8. The standard InChI is InChI=1S/C54H30N4O/c1-2-15-32-31(14-1)28-29-41-51(32)56-52(39-22-13-27-47-48(39)38-21-8-12-26-46(38)59-47)54(55-41)58-44-25-11-7-20-37(44)49-45(58)30-40-35-18-6-10-24-43(35)57-42-23-9-5-17-34(42)33-16-3-4-19-36(33)50(49)53(40)57/h1-30H. The second-order valence-corrected chi connectivity index (χ2v) is 15.6. The molecule has 0 aliphatic carbocycles. The zero-order valence-electron chi connectivity index (χ0n) is 31.5. The fraction of sp³-hybridized carbons (Fsp3) is 0. The molecular weight excluding hydrogens is 721 g/mol. The summed E-state index contributed by atoms with van der Waals surface area (Å²) in [6.07, 6.45) is 0. The van der Waals surface area contributed by atoms with E-state index >= 15 is 0 Å². The summed E-state index contributed by atoms with van der Waals surface area (Å²) in [6.45, 7) is 0. The number of aromatic nitrogens is 4. The van der Waals surface area contributed by atoms with E-state index in [0.717, 1.165) is 77.2 Å². The van der Waals surface area contributed by atoms with Crippen LogP contribution in [0.1, 0.15) is 0 Å². The van der Waals surface area contributed by atoms with Gasteiger partial charge in [-0.05, 0) is 59.0 Å². The van der Waals surface area contributed by atoms with Crippen LogP contribution >= 0.6 is 0 Å². The average molecular weight is 751 g/mol. The maximum Gasteiger partial charge on any atom is 0.165 e. The highest BCUT2D eigenvalue weighted by atomic mass is 16.3. The van der Waals surface area contributed by atoms with Gasteiger partial charge in [-0.15, -0.1) is 0 Å². The van der Waals surface area contributed by atoms with E-state index in [9.17, 15) is 0 Å². The van der Waals surface area contributed by atoms with Crippen LogP contribution < -0.4 is 0 Å². The number of fused-ring (bicyclic) bond motifs is 18. The van der Waals surface area contributed by atoms with Crippen molar-refractivity contribution >= 4 is 87.4 Å². The molecule has 272 valence electrons. The molecular formula is C54H30N4O. The lowest BCUT2D eigenvalue weighted by Crippen LogP contribution is -2.04. The lowest BCUT2D eigenvalue weighted by molar-refractivity contribution is 0.669. The Morgan fingerprint density at radius 2 is 1.07 bits per heavy atom. The van der Waals surface area contributed by atoms with Gasteiger partial charge in [0.2, 0.25) is 0 Å². The molecule has 0 amide bonds. The van der Waals surface area contributed by atoms with E-state index in [2.05, 4.69) is 179 Å². The molecule has 1 aliphatic heterocycles. The number of furan rings is 1. The average Bonchev–Trinajstić information content (AvgIpc) is 3.93. The van der Waals surface area contributed by atoms with Gasteiger partial charge in [-0.25, -0.2) is 9.97 Å². The second-order valence-electron chi connectivity index (χ2n) is 15.6. The largest absolute Gasteiger partial charge is 0.456 e. The van der Waals surface area contributed by atoms with E-state index in [1.807, 2.05) is 12.1 Å². The zero-order valence-corrected chi connectivity index (χ0v) is 31.5. The highest BCUT2D eigenvalue weighted by Gasteiger charge is 2.30. The number of rotatable bonds is 2. The third kappa shape index (κ3) is 4.03. The maximum absolute atomic E-state index is 6.49. The molecule has 13 aromatic rings. The summed E-state index contributed by atoms with van der Waals surface area (Å²) in [7, 11) is 0. The van der Waals surface area contributed by atoms with Crippen molar-refractivity contribution < 1.29 is 4.42 Å². The Bertz CT molecular complexity index is 3980. The van der Waals surface area contributed by atoms with Gasteiger partial charge in [0.25, 0.3) is 0 Å². The van der Waals surface area contributed by atoms with Crippen molar-refractivity contribution in [3.05, 3.63) is 182 Å². The van der Waals surface area contributed by atoms with Gasteiger partial charge < -0.3 is 8.98 Å². The molecule has 59 heavy (non-hydrogen) atoms. The van der Waals surface area contributed by atoms with Gasteiger partial charge in [0.15, 0.2) is 5.82 Å². The molecule has 0 radical (unpaired) electrons. The smallest absolute Gasteiger partial charge is 0.165 e. The van der Waals surface area contributed by atoms with Crippen LogP contribution in [0.3, 0.4) is 0 Å². The molecule has 5 heteroatoms. The topological polar surface area (TPSA) is 48.8 Å². The molecule has 0 spiro atoms. The fourth-order valence-corrected chi connectivity index (χ4v) is 10.2. The van der Waals surface area contributed by atoms with Gasteiger partial charge in [0, 0.05) is 54.4 Å². The predicted octanol–water partition coefficient (Wildman–Crippen LogP) is 14.2. The third-order valence-corrected chi connectivity index (χ3v) is 12.6. The number of hydrogen-bond acceptors (Lipinski definition) is 3. The molecule has 1 aliphatic rings. The lowest BCUT2D eigenvalue weighted by Gasteiger charge is -2.16. The van der Waals surface area contributed by atoms with Crippen LogP contribution in [0.2, 0.25) is 0 Å². The summed E-state index contributed by atoms with van der Waals surface area (Å²) in [5, 5.41) is 9.05. The van der Waals surface area contributed by atoms with E-state index in [1.54, 1.807) is 0 Å². The van der Waals surface area contributed by atoms with Gasteiger partial charge >= 0.3 is 0 Å². The summed E-state index contributed by atoms with van der Waals surface area (Å²) >= 11 is 0. The van der Waals surface area contributed by atoms with Crippen molar-refractivity contribution in [1.29, 1.82) is 0 Å². The number of benzene rings is 9. The molecule has 9 aromatic carbocycles. The lowest BCUT2D eigenvalue weighted by atomic mass is 9.91. The van der Waals surface area contributed by atoms with Crippen molar-refractivity contribution in [2.45, 2.75) is 0 Å². The summed E-state index contributed by atoms with van der Waals surface area (Å²) < 4.78 is 11.4. The predicted molar refractivity (Wildman–Crippen MR) is 243 cm³/mol. The molecule has 0 N–H and O–H groups in total. The molecule has 0 fully saturated rings. The number of hydrogen-bond donors (Lipinski definition) is 0. The molecule has 4 aromatic heterocycles. The minimum absolute atomic E-state index is 0.775. The SMILES string of the molecule is c1ccc2c(c1)-c1ccccc1-n1c3ccccc3c3cc4c(c-2c31)c1ccccc1n4-c1nc2ccc3ccccc3c2nc1-c1cccc2oc3ccccc3c12. The first-order valence-electron chi connectivity index (χ1n) is 20.1. The first-order valence-corrected chi connectivity index (χ1v) is 20.1. The molecule has 0 unspecified atom stereocenters. The summed E-state index contributed by atoms with van der Waals surface area (Å²) in [6, 6.07) is 65.2. The van der Waals surface area contributed by atoms with E-state index in [-0.39, 0.29) is 0 Å². The molecule has 0 bridgehead atoms. The first kappa shape index (κ1) is 31.1. The third-order valence-electron chi connectivity index (χ3n) is 12.6. The summed E-state index contributed by atoms with van der Waals surface area (Å²) in [4.78, 5) is 11.4. The molecule has 0 saturated carbocycles. The van der Waals surface area contributed by atoms with Gasteiger partial charge in [-0.3, -0.25) is 4.57 Å². The van der Waals surface area contributed by atoms with Crippen molar-refractivity contribution in [3.8, 4) is 45.0 Å². The maximum atomic E-state index is 6.49. The second kappa shape index (κ2) is 11.3. The number of para-hydroxylation sites is 4. The first-order chi connectivity index (χ1) is 29.3. The Kier molecular flexibility index (Phi) is 5.96. The number of nitrogens with zero attached hydrogens (tertiary/aromatic N) is 4. The highest BCUT2D eigenvalue weighted by Crippen LogP contribution is 2.52. The van der Waals surface area contributed by atoms with E-state index in [4.69, 9.17) is 14.4 Å². The Hall–Kier alpha value is -8.02. The quantitative estimate of drug-likeness (QED) is 0.165. The Morgan fingerprint density at radius 1 is 0.407 bits per heavy atom. The molecule has 0 saturated heterocycles. The van der Waals surface area contributed by atoms with Crippen LogP contribution in [0.4, 0.5) is 0 Å². The fourth-order valence-electron chi connectivity index (χ4n) is 10.2. The molecule has 14 rings (SSSR count). The van der Waals surface area contributed by atoms with Gasteiger partial charge in [0.05, 0.1) is 38.8 Å². The van der Waals surface area contributed by atoms with Crippen LogP contribution in [-0.4, -0.2) is 19.1 Å². The molecule has 5 nitrogen and oxygen atoms in total. The van der Waals surface area contributed by atoms with Crippen molar-refractivity contribution in [2.24, 2.45) is 0 Å². The van der Waals surface area contributed by atoms with Crippen LogP contribution in [0.15, 0.2) is 186 Å². The molecule has 5 heterocycles. The van der Waals surface area contributed by atoms with E-state index in [0.29, 0.717) is 0 Å². The van der Waals surface area contributed by atoms with Crippen molar-refractivity contribution in [1.82, 2.24) is 19.1 Å². The van der Waals surface area contributed by atoms with Crippen LogP contribution in [0, 0.1) is 0 Å². The van der Waals surface area contributed by atoms with Crippen LogP contribution in [0.5, 0.6) is 0 Å². The van der Waals surface area contributed by atoms with Crippen LogP contribution in [0.25, 0.3) is 132 Å². The van der Waals surface area contributed by atoms with Gasteiger partial charge in [0.1, 0.15) is 16.9 Å². The molecule has 0 atom stereocenters. The zero-order chi connectivity index (χ0) is 38.3. The van der Waals surface area contributed by atoms with Crippen molar-refractivity contribution in [2.75, 3.05) is 0 Å². The minimum atomic E-state index is 0.775. The van der Waals surface area contributed by atoms with E-state index < -0.39 is 0 Å². The van der Waals surface area contributed by atoms with E-state index in [1.165, 1.54) is 55.1 Å². The Labute approximate surface area is 336 Å². The van der Waals surface area contributed by atoms with Gasteiger partial charge in [-0.1, -0.05) is 140 Å². The van der Waals surface area contributed by atoms with Crippen LogP contribution in [-0.2, 0) is 0 Å². The monoisotopic (exact) mass is 750 g/mol. The van der Waals surface area contributed by atoms with Crippen molar-refractivity contribution in [3.63, 3.8) is 0 Å². The normalized spacial score (nSPS) is 12.4. The minimum Gasteiger partial charge on any atom is -0.456 e.